The third-order valence-electron chi connectivity index (χ3n) is 6.92. The molecule has 2 aliphatic heterocycles. The topological polar surface area (TPSA) is 86.1 Å². The molecule has 2 aliphatic rings. The van der Waals surface area contributed by atoms with Crippen molar-refractivity contribution < 1.29 is 19.1 Å². The van der Waals surface area contributed by atoms with E-state index in [2.05, 4.69) is 20.8 Å². The molecular formula is C27H40N4O4. The van der Waals surface area contributed by atoms with Crippen LogP contribution >= 0.6 is 0 Å². The first kappa shape index (κ1) is 27.0. The predicted octanol–water partition coefficient (Wildman–Crippen LogP) is 3.06. The quantitative estimate of drug-likeness (QED) is 0.521. The molecule has 1 aromatic rings. The predicted molar refractivity (Wildman–Crippen MR) is 135 cm³/mol. The van der Waals surface area contributed by atoms with Crippen LogP contribution in [0.3, 0.4) is 0 Å². The van der Waals surface area contributed by atoms with Crippen LogP contribution in [0.1, 0.15) is 52.0 Å². The standard InChI is InChI=1S/C27H40N4O4/c1-27(2,3)35-26(33)12-14-29-13-11-24(22(20-29)7-10-25(32)34-4)31-17-15-30(16-18-31)23-8-5-21(19-28)6-9-23/h5-6,8-9,22,24H,7,10-18,20H2,1-4H3. The minimum absolute atomic E-state index is 0.162. The van der Waals surface area contributed by atoms with E-state index in [-0.39, 0.29) is 11.9 Å². The van der Waals surface area contributed by atoms with Gasteiger partial charge in [0.15, 0.2) is 0 Å². The zero-order valence-corrected chi connectivity index (χ0v) is 21.7. The van der Waals surface area contributed by atoms with Crippen LogP contribution in [0.2, 0.25) is 0 Å². The monoisotopic (exact) mass is 484 g/mol. The van der Waals surface area contributed by atoms with Gasteiger partial charge < -0.3 is 19.3 Å². The summed E-state index contributed by atoms with van der Waals surface area (Å²) in [6.45, 7) is 12.0. The second kappa shape index (κ2) is 12.4. The molecule has 1 aromatic carbocycles. The lowest BCUT2D eigenvalue weighted by Crippen LogP contribution is -2.57. The number of anilines is 1. The van der Waals surface area contributed by atoms with Crippen molar-refractivity contribution in [3.63, 3.8) is 0 Å². The van der Waals surface area contributed by atoms with Gasteiger partial charge in [-0.1, -0.05) is 0 Å². The Hall–Kier alpha value is -2.63. The Morgan fingerprint density at radius 2 is 1.71 bits per heavy atom. The molecule has 2 unspecified atom stereocenters. The van der Waals surface area contributed by atoms with Gasteiger partial charge in [0.1, 0.15) is 5.60 Å². The van der Waals surface area contributed by atoms with Crippen LogP contribution in [-0.2, 0) is 19.1 Å². The van der Waals surface area contributed by atoms with Gasteiger partial charge in [0.25, 0.3) is 0 Å². The number of hydrogen-bond donors (Lipinski definition) is 0. The maximum absolute atomic E-state index is 12.2. The molecule has 0 aliphatic carbocycles. The molecule has 0 N–H and O–H groups in total. The summed E-state index contributed by atoms with van der Waals surface area (Å²) in [5.74, 6) is 0.0212. The van der Waals surface area contributed by atoms with E-state index in [0.29, 0.717) is 36.9 Å². The molecule has 0 spiro atoms. The SMILES string of the molecule is COC(=O)CCC1CN(CCC(=O)OC(C)(C)C)CCC1N1CCN(c2ccc(C#N)cc2)CC1. The normalized spacial score (nSPS) is 21.9. The summed E-state index contributed by atoms with van der Waals surface area (Å²) in [5, 5.41) is 9.04. The van der Waals surface area contributed by atoms with Crippen molar-refractivity contribution in [1.82, 2.24) is 9.80 Å². The lowest BCUT2D eigenvalue weighted by molar-refractivity contribution is -0.155. The number of nitrogens with zero attached hydrogens (tertiary/aromatic N) is 4. The Labute approximate surface area is 209 Å². The van der Waals surface area contributed by atoms with Crippen LogP contribution in [0.25, 0.3) is 0 Å². The molecule has 0 saturated carbocycles. The number of hydrogen-bond acceptors (Lipinski definition) is 8. The molecule has 2 fully saturated rings. The summed E-state index contributed by atoms with van der Waals surface area (Å²) in [6, 6.07) is 10.4. The Balaban J connectivity index is 1.56. The maximum Gasteiger partial charge on any atom is 0.307 e. The summed E-state index contributed by atoms with van der Waals surface area (Å²) in [4.78, 5) is 31.4. The number of ether oxygens (including phenoxy) is 2. The van der Waals surface area contributed by atoms with Gasteiger partial charge in [-0.3, -0.25) is 14.5 Å². The van der Waals surface area contributed by atoms with Crippen molar-refractivity contribution in [1.29, 1.82) is 5.26 Å². The van der Waals surface area contributed by atoms with E-state index in [1.807, 2.05) is 45.0 Å². The number of likely N-dealkylation sites (tertiary alicyclic amines) is 1. The minimum Gasteiger partial charge on any atom is -0.469 e. The number of piperazine rings is 1. The molecule has 3 rings (SSSR count). The second-order valence-electron chi connectivity index (χ2n) is 10.5. The molecule has 2 atom stereocenters. The molecule has 0 bridgehead atoms. The van der Waals surface area contributed by atoms with E-state index >= 15 is 0 Å². The Bertz CT molecular complexity index is 882. The van der Waals surface area contributed by atoms with E-state index in [0.717, 1.165) is 57.8 Å². The van der Waals surface area contributed by atoms with Gasteiger partial charge in [-0.2, -0.15) is 5.26 Å². The number of piperidine rings is 1. The zero-order chi connectivity index (χ0) is 25.4. The molecule has 2 saturated heterocycles. The van der Waals surface area contributed by atoms with Crippen molar-refractivity contribution in [2.75, 3.05) is 57.8 Å². The first-order chi connectivity index (χ1) is 16.7. The number of carbonyl (C=O) groups excluding carboxylic acids is 2. The van der Waals surface area contributed by atoms with Crippen LogP contribution in [0.5, 0.6) is 0 Å². The molecule has 8 heteroatoms. The Morgan fingerprint density at radius 1 is 1.03 bits per heavy atom. The van der Waals surface area contributed by atoms with Gasteiger partial charge in [0, 0.05) is 57.4 Å². The molecule has 0 aromatic heterocycles. The van der Waals surface area contributed by atoms with Gasteiger partial charge in [-0.05, 0) is 70.3 Å². The first-order valence-corrected chi connectivity index (χ1v) is 12.7. The molecule has 2 heterocycles. The average molecular weight is 485 g/mol. The van der Waals surface area contributed by atoms with Gasteiger partial charge in [-0.15, -0.1) is 0 Å². The highest BCUT2D eigenvalue weighted by molar-refractivity contribution is 5.70. The lowest BCUT2D eigenvalue weighted by atomic mass is 9.86. The maximum atomic E-state index is 12.2. The summed E-state index contributed by atoms with van der Waals surface area (Å²) in [7, 11) is 1.44. The number of methoxy groups -OCH3 is 1. The van der Waals surface area contributed by atoms with E-state index in [1.54, 1.807) is 0 Å². The van der Waals surface area contributed by atoms with E-state index in [9.17, 15) is 9.59 Å². The number of benzene rings is 1. The van der Waals surface area contributed by atoms with Crippen LogP contribution < -0.4 is 4.90 Å². The largest absolute Gasteiger partial charge is 0.469 e. The third-order valence-corrected chi connectivity index (χ3v) is 6.92. The van der Waals surface area contributed by atoms with Crippen molar-refractivity contribution in [3.05, 3.63) is 29.8 Å². The fraction of sp³-hybridized carbons (Fsp3) is 0.667. The number of nitriles is 1. The number of esters is 2. The molecular weight excluding hydrogens is 444 g/mol. The fourth-order valence-corrected chi connectivity index (χ4v) is 5.17. The average Bonchev–Trinajstić information content (AvgIpc) is 2.85. The van der Waals surface area contributed by atoms with Gasteiger partial charge in [-0.25, -0.2) is 0 Å². The molecule has 192 valence electrons. The van der Waals surface area contributed by atoms with Crippen molar-refractivity contribution in [2.24, 2.45) is 5.92 Å². The zero-order valence-electron chi connectivity index (χ0n) is 21.7. The van der Waals surface area contributed by atoms with Crippen molar-refractivity contribution in [2.45, 2.75) is 58.1 Å². The van der Waals surface area contributed by atoms with E-state index in [1.165, 1.54) is 7.11 Å². The smallest absolute Gasteiger partial charge is 0.307 e. The summed E-state index contributed by atoms with van der Waals surface area (Å²) >= 11 is 0. The van der Waals surface area contributed by atoms with Gasteiger partial charge in [0.2, 0.25) is 0 Å². The van der Waals surface area contributed by atoms with Crippen molar-refractivity contribution >= 4 is 17.6 Å². The van der Waals surface area contributed by atoms with Crippen LogP contribution in [0.4, 0.5) is 5.69 Å². The third kappa shape index (κ3) is 8.22. The molecule has 0 amide bonds. The van der Waals surface area contributed by atoms with Crippen LogP contribution in [0, 0.1) is 17.2 Å². The highest BCUT2D eigenvalue weighted by Gasteiger charge is 2.35. The van der Waals surface area contributed by atoms with Gasteiger partial charge >= 0.3 is 11.9 Å². The first-order valence-electron chi connectivity index (χ1n) is 12.7. The molecule has 0 radical (unpaired) electrons. The lowest BCUT2D eigenvalue weighted by Gasteiger charge is -2.47. The highest BCUT2D eigenvalue weighted by Crippen LogP contribution is 2.28. The van der Waals surface area contributed by atoms with Crippen LogP contribution in [0.15, 0.2) is 24.3 Å². The van der Waals surface area contributed by atoms with Crippen molar-refractivity contribution in [3.8, 4) is 6.07 Å². The van der Waals surface area contributed by atoms with E-state index < -0.39 is 5.60 Å². The van der Waals surface area contributed by atoms with Crippen LogP contribution in [-0.4, -0.2) is 86.3 Å². The number of carbonyl (C=O) groups is 2. The summed E-state index contributed by atoms with van der Waals surface area (Å²) in [6.07, 6.45) is 2.62. The van der Waals surface area contributed by atoms with E-state index in [4.69, 9.17) is 14.7 Å². The van der Waals surface area contributed by atoms with Gasteiger partial charge in [0.05, 0.1) is 25.2 Å². The Kier molecular flexibility index (Phi) is 9.53. The fourth-order valence-electron chi connectivity index (χ4n) is 5.17. The minimum atomic E-state index is -0.465. The highest BCUT2D eigenvalue weighted by atomic mass is 16.6. The second-order valence-corrected chi connectivity index (χ2v) is 10.5. The summed E-state index contributed by atoms with van der Waals surface area (Å²) in [5.41, 5.74) is 1.37. The molecule has 8 nitrogen and oxygen atoms in total. The number of rotatable bonds is 8. The Morgan fingerprint density at radius 3 is 2.31 bits per heavy atom. The molecule has 35 heavy (non-hydrogen) atoms. The summed E-state index contributed by atoms with van der Waals surface area (Å²) < 4.78 is 10.4.